The monoisotopic (exact) mass is 291 g/mol. The van der Waals surface area contributed by atoms with E-state index in [-0.39, 0.29) is 9.92 Å². The zero-order valence-corrected chi connectivity index (χ0v) is 11.4. The largest absolute Gasteiger partial charge is 0.345 e. The molecular weight excluding hydrogens is 282 g/mol. The molecule has 3 aromatic rings. The first-order valence-electron chi connectivity index (χ1n) is 5.66. The lowest BCUT2D eigenvalue weighted by Crippen LogP contribution is -2.01. The van der Waals surface area contributed by atoms with Crippen molar-refractivity contribution in [2.24, 2.45) is 0 Å². The molecule has 0 saturated carbocycles. The van der Waals surface area contributed by atoms with E-state index in [1.165, 1.54) is 0 Å². The fourth-order valence-electron chi connectivity index (χ4n) is 1.95. The topological polar surface area (TPSA) is 49.9 Å². The molecule has 3 rings (SSSR count). The van der Waals surface area contributed by atoms with Crippen molar-refractivity contribution in [3.8, 4) is 0 Å². The maximum absolute atomic E-state index is 12.4. The number of H-pyrrole nitrogens is 1. The summed E-state index contributed by atoms with van der Waals surface area (Å²) in [4.78, 5) is 3.19. The van der Waals surface area contributed by atoms with Gasteiger partial charge in [-0.15, -0.1) is 0 Å². The molecule has 0 bridgehead atoms. The Balaban J connectivity index is 2.19. The molecule has 0 unspecified atom stereocenters. The fourth-order valence-corrected chi connectivity index (χ4v) is 3.42. The van der Waals surface area contributed by atoms with Crippen molar-refractivity contribution < 1.29 is 8.42 Å². The average Bonchev–Trinajstić information content (AvgIpc) is 2.83. The highest BCUT2D eigenvalue weighted by Crippen LogP contribution is 2.26. The smallest absolute Gasteiger partial charge is 0.221 e. The summed E-state index contributed by atoms with van der Waals surface area (Å²) >= 11 is 5.90. The molecule has 0 radical (unpaired) electrons. The van der Waals surface area contributed by atoms with Gasteiger partial charge in [0.15, 0.2) is 0 Å². The summed E-state index contributed by atoms with van der Waals surface area (Å²) < 4.78 is 24.8. The van der Waals surface area contributed by atoms with Gasteiger partial charge >= 0.3 is 0 Å². The van der Waals surface area contributed by atoms with Crippen LogP contribution in [0.3, 0.4) is 0 Å². The standard InChI is InChI=1S/C14H10ClNO2S/c15-11-6-7-13-10(8-11)9-14(16-13)19(17,18)12-4-2-1-3-5-12/h1-9,16H. The number of aromatic amines is 1. The third-order valence-electron chi connectivity index (χ3n) is 2.90. The van der Waals surface area contributed by atoms with Crippen LogP contribution in [0.25, 0.3) is 10.9 Å². The summed E-state index contributed by atoms with van der Waals surface area (Å²) in [5, 5.41) is 1.54. The second kappa shape index (κ2) is 4.40. The van der Waals surface area contributed by atoms with Gasteiger partial charge in [-0.05, 0) is 36.4 Å². The number of halogens is 1. The lowest BCUT2D eigenvalue weighted by atomic mass is 10.2. The maximum Gasteiger partial charge on any atom is 0.221 e. The molecule has 1 aromatic heterocycles. The van der Waals surface area contributed by atoms with Crippen LogP contribution in [0.1, 0.15) is 0 Å². The van der Waals surface area contributed by atoms with Crippen molar-refractivity contribution >= 4 is 32.3 Å². The highest BCUT2D eigenvalue weighted by Gasteiger charge is 2.19. The first-order valence-corrected chi connectivity index (χ1v) is 7.52. The SMILES string of the molecule is O=S(=O)(c1ccccc1)c1cc2cc(Cl)ccc2[nH]1. The fraction of sp³-hybridized carbons (Fsp3) is 0. The zero-order valence-electron chi connectivity index (χ0n) is 9.80. The van der Waals surface area contributed by atoms with Gasteiger partial charge in [0.1, 0.15) is 5.03 Å². The van der Waals surface area contributed by atoms with E-state index in [4.69, 9.17) is 11.6 Å². The number of sulfone groups is 1. The molecule has 0 atom stereocenters. The van der Waals surface area contributed by atoms with Crippen molar-refractivity contribution in [2.75, 3.05) is 0 Å². The molecule has 2 aromatic carbocycles. The van der Waals surface area contributed by atoms with Crippen LogP contribution in [0.4, 0.5) is 0 Å². The molecular formula is C14H10ClNO2S. The van der Waals surface area contributed by atoms with E-state index in [1.54, 1.807) is 54.6 Å². The van der Waals surface area contributed by atoms with E-state index in [2.05, 4.69) is 4.98 Å². The summed E-state index contributed by atoms with van der Waals surface area (Å²) in [5.41, 5.74) is 0.749. The van der Waals surface area contributed by atoms with Gasteiger partial charge in [-0.2, -0.15) is 0 Å². The van der Waals surface area contributed by atoms with Crippen molar-refractivity contribution in [3.63, 3.8) is 0 Å². The van der Waals surface area contributed by atoms with Crippen LogP contribution in [0.15, 0.2) is 64.5 Å². The Morgan fingerprint density at radius 3 is 2.42 bits per heavy atom. The van der Waals surface area contributed by atoms with Gasteiger partial charge in [0.25, 0.3) is 0 Å². The Morgan fingerprint density at radius 2 is 1.68 bits per heavy atom. The number of rotatable bonds is 2. The lowest BCUT2D eigenvalue weighted by Gasteiger charge is -2.00. The molecule has 19 heavy (non-hydrogen) atoms. The Morgan fingerprint density at radius 1 is 0.947 bits per heavy atom. The number of nitrogens with one attached hydrogen (secondary N) is 1. The van der Waals surface area contributed by atoms with Gasteiger partial charge in [-0.1, -0.05) is 29.8 Å². The van der Waals surface area contributed by atoms with E-state index in [0.29, 0.717) is 5.02 Å². The highest BCUT2D eigenvalue weighted by atomic mass is 35.5. The maximum atomic E-state index is 12.4. The minimum absolute atomic E-state index is 0.177. The molecule has 1 N–H and O–H groups in total. The minimum Gasteiger partial charge on any atom is -0.345 e. The Kier molecular flexibility index (Phi) is 2.84. The quantitative estimate of drug-likeness (QED) is 0.783. The Hall–Kier alpha value is -1.78. The number of hydrogen-bond donors (Lipinski definition) is 1. The average molecular weight is 292 g/mol. The van der Waals surface area contributed by atoms with Crippen LogP contribution >= 0.6 is 11.6 Å². The van der Waals surface area contributed by atoms with Gasteiger partial charge in [0, 0.05) is 15.9 Å². The van der Waals surface area contributed by atoms with E-state index < -0.39 is 9.84 Å². The molecule has 5 heteroatoms. The molecule has 3 nitrogen and oxygen atoms in total. The van der Waals surface area contributed by atoms with E-state index in [1.807, 2.05) is 0 Å². The van der Waals surface area contributed by atoms with Crippen molar-refractivity contribution in [2.45, 2.75) is 9.92 Å². The first kappa shape index (κ1) is 12.3. The van der Waals surface area contributed by atoms with Crippen molar-refractivity contribution in [1.82, 2.24) is 4.98 Å². The normalized spacial score (nSPS) is 11.8. The Bertz CT molecular complexity index is 838. The van der Waals surface area contributed by atoms with Crippen LogP contribution in [-0.2, 0) is 9.84 Å². The number of fused-ring (bicyclic) bond motifs is 1. The summed E-state index contributed by atoms with van der Waals surface area (Å²) in [6.07, 6.45) is 0. The summed E-state index contributed by atoms with van der Waals surface area (Å²) in [6, 6.07) is 15.2. The lowest BCUT2D eigenvalue weighted by molar-refractivity contribution is 0.593. The van der Waals surface area contributed by atoms with Gasteiger partial charge in [0.05, 0.1) is 4.90 Å². The summed E-state index contributed by atoms with van der Waals surface area (Å²) in [5.74, 6) is 0. The third-order valence-corrected chi connectivity index (χ3v) is 4.83. The predicted octanol–water partition coefficient (Wildman–Crippen LogP) is 3.65. The van der Waals surface area contributed by atoms with Gasteiger partial charge in [0.2, 0.25) is 9.84 Å². The van der Waals surface area contributed by atoms with E-state index >= 15 is 0 Å². The van der Waals surface area contributed by atoms with E-state index in [9.17, 15) is 8.42 Å². The molecule has 0 aliphatic heterocycles. The van der Waals surface area contributed by atoms with Gasteiger partial charge < -0.3 is 4.98 Å². The molecule has 1 heterocycles. The summed E-state index contributed by atoms with van der Waals surface area (Å²) in [7, 11) is -3.51. The molecule has 0 amide bonds. The molecule has 0 spiro atoms. The number of benzene rings is 2. The van der Waals surface area contributed by atoms with Gasteiger partial charge in [-0.3, -0.25) is 0 Å². The molecule has 0 fully saturated rings. The second-order valence-corrected chi connectivity index (χ2v) is 6.54. The van der Waals surface area contributed by atoms with E-state index in [0.717, 1.165) is 10.9 Å². The van der Waals surface area contributed by atoms with Crippen molar-refractivity contribution in [3.05, 3.63) is 59.6 Å². The highest BCUT2D eigenvalue weighted by molar-refractivity contribution is 7.91. The summed E-state index contributed by atoms with van der Waals surface area (Å²) in [6.45, 7) is 0. The van der Waals surface area contributed by atoms with Crippen LogP contribution < -0.4 is 0 Å². The third kappa shape index (κ3) is 2.13. The molecule has 96 valence electrons. The minimum atomic E-state index is -3.51. The first-order chi connectivity index (χ1) is 9.07. The number of aromatic nitrogens is 1. The molecule has 0 aliphatic carbocycles. The van der Waals surface area contributed by atoms with Crippen LogP contribution in [0.2, 0.25) is 5.02 Å². The van der Waals surface area contributed by atoms with Crippen LogP contribution in [-0.4, -0.2) is 13.4 Å². The predicted molar refractivity (Wildman–Crippen MR) is 75.2 cm³/mol. The number of hydrogen-bond acceptors (Lipinski definition) is 2. The van der Waals surface area contributed by atoms with Gasteiger partial charge in [-0.25, -0.2) is 8.42 Å². The molecule has 0 aliphatic rings. The second-order valence-electron chi connectivity index (χ2n) is 4.18. The van der Waals surface area contributed by atoms with Crippen molar-refractivity contribution in [1.29, 1.82) is 0 Å². The van der Waals surface area contributed by atoms with Crippen LogP contribution in [0, 0.1) is 0 Å². The Labute approximate surface area is 115 Å². The van der Waals surface area contributed by atoms with Crippen LogP contribution in [0.5, 0.6) is 0 Å². The molecule has 0 saturated heterocycles. The zero-order chi connectivity index (χ0) is 13.5.